The zero-order valence-electron chi connectivity index (χ0n) is 10.2. The van der Waals surface area contributed by atoms with Gasteiger partial charge in [-0.3, -0.25) is 0 Å². The summed E-state index contributed by atoms with van der Waals surface area (Å²) < 4.78 is 7.64. The van der Waals surface area contributed by atoms with E-state index in [0.29, 0.717) is 12.6 Å². The molecule has 1 aromatic heterocycles. The molecule has 4 nitrogen and oxygen atoms in total. The van der Waals surface area contributed by atoms with E-state index in [1.54, 1.807) is 0 Å². The van der Waals surface area contributed by atoms with Crippen molar-refractivity contribution < 1.29 is 4.74 Å². The Morgan fingerprint density at radius 1 is 1.47 bits per heavy atom. The molecule has 1 unspecified atom stereocenters. The summed E-state index contributed by atoms with van der Waals surface area (Å²) in [5.41, 5.74) is 9.29. The molecule has 90 valence electrons. The number of nitrogens with zero attached hydrogens (tertiary/aromatic N) is 2. The lowest BCUT2D eigenvalue weighted by Crippen LogP contribution is -2.31. The van der Waals surface area contributed by atoms with Gasteiger partial charge in [0.1, 0.15) is 0 Å². The van der Waals surface area contributed by atoms with Crippen LogP contribution in [0.3, 0.4) is 0 Å². The summed E-state index contributed by atoms with van der Waals surface area (Å²) in [7, 11) is 0. The van der Waals surface area contributed by atoms with Crippen LogP contribution in [-0.2, 0) is 10.3 Å². The number of aromatic nitrogens is 2. The second kappa shape index (κ2) is 3.47. The summed E-state index contributed by atoms with van der Waals surface area (Å²) in [5, 5.41) is 0. The molecule has 0 amide bonds. The van der Waals surface area contributed by atoms with Crippen LogP contribution in [0.15, 0.2) is 18.2 Å². The number of anilines is 1. The van der Waals surface area contributed by atoms with E-state index in [1.165, 1.54) is 5.56 Å². The van der Waals surface area contributed by atoms with Gasteiger partial charge in [0.15, 0.2) is 0 Å². The maximum atomic E-state index is 6.06. The van der Waals surface area contributed by atoms with Gasteiger partial charge in [-0.25, -0.2) is 4.98 Å². The largest absolute Gasteiger partial charge is 0.379 e. The summed E-state index contributed by atoms with van der Waals surface area (Å²) in [5.74, 6) is 0.582. The average Bonchev–Trinajstić information content (AvgIpc) is 2.82. The predicted molar refractivity (Wildman–Crippen MR) is 68.0 cm³/mol. The van der Waals surface area contributed by atoms with E-state index in [9.17, 15) is 0 Å². The molecule has 1 fully saturated rings. The zero-order chi connectivity index (χ0) is 12.0. The Morgan fingerprint density at radius 2 is 2.29 bits per heavy atom. The quantitative estimate of drug-likeness (QED) is 0.817. The van der Waals surface area contributed by atoms with Crippen molar-refractivity contribution in [1.29, 1.82) is 0 Å². The SMILES string of the molecule is Cc1ccc2nc(N)n(C3(C)CCOC3)c2c1. The van der Waals surface area contributed by atoms with Crippen LogP contribution in [0.1, 0.15) is 18.9 Å². The molecule has 0 aliphatic carbocycles. The van der Waals surface area contributed by atoms with E-state index in [1.807, 2.05) is 6.07 Å². The first kappa shape index (κ1) is 10.6. The first-order valence-corrected chi connectivity index (χ1v) is 5.93. The number of aryl methyl sites for hydroxylation is 1. The highest BCUT2D eigenvalue weighted by Crippen LogP contribution is 2.33. The van der Waals surface area contributed by atoms with Crippen molar-refractivity contribution in [1.82, 2.24) is 9.55 Å². The first-order valence-electron chi connectivity index (χ1n) is 5.93. The maximum Gasteiger partial charge on any atom is 0.201 e. The summed E-state index contributed by atoms with van der Waals surface area (Å²) in [4.78, 5) is 4.43. The third-order valence-electron chi connectivity index (χ3n) is 3.57. The second-order valence-corrected chi connectivity index (χ2v) is 5.10. The summed E-state index contributed by atoms with van der Waals surface area (Å²) in [6.07, 6.45) is 0.983. The molecule has 0 radical (unpaired) electrons. The highest BCUT2D eigenvalue weighted by Gasteiger charge is 2.34. The first-order chi connectivity index (χ1) is 8.10. The van der Waals surface area contributed by atoms with Gasteiger partial charge in [0, 0.05) is 6.61 Å². The van der Waals surface area contributed by atoms with E-state index >= 15 is 0 Å². The molecule has 0 saturated carbocycles. The van der Waals surface area contributed by atoms with Crippen molar-refractivity contribution in [2.75, 3.05) is 18.9 Å². The fourth-order valence-corrected chi connectivity index (χ4v) is 2.60. The van der Waals surface area contributed by atoms with E-state index in [-0.39, 0.29) is 5.54 Å². The third-order valence-corrected chi connectivity index (χ3v) is 3.57. The van der Waals surface area contributed by atoms with Gasteiger partial charge in [0.05, 0.1) is 23.2 Å². The molecule has 17 heavy (non-hydrogen) atoms. The summed E-state index contributed by atoms with van der Waals surface area (Å²) in [6, 6.07) is 6.23. The van der Waals surface area contributed by atoms with Gasteiger partial charge in [0.25, 0.3) is 0 Å². The molecule has 1 saturated heterocycles. The van der Waals surface area contributed by atoms with Crippen LogP contribution in [-0.4, -0.2) is 22.8 Å². The fraction of sp³-hybridized carbons (Fsp3) is 0.462. The Kier molecular flexibility index (Phi) is 2.16. The highest BCUT2D eigenvalue weighted by atomic mass is 16.5. The van der Waals surface area contributed by atoms with E-state index in [0.717, 1.165) is 24.1 Å². The Bertz CT molecular complexity index is 567. The molecule has 2 N–H and O–H groups in total. The number of hydrogen-bond acceptors (Lipinski definition) is 3. The van der Waals surface area contributed by atoms with Crippen molar-refractivity contribution in [3.8, 4) is 0 Å². The number of nitrogen functional groups attached to an aromatic ring is 1. The van der Waals surface area contributed by atoms with Crippen molar-refractivity contribution in [2.24, 2.45) is 0 Å². The van der Waals surface area contributed by atoms with Gasteiger partial charge >= 0.3 is 0 Å². The van der Waals surface area contributed by atoms with Gasteiger partial charge in [0.2, 0.25) is 5.95 Å². The zero-order valence-corrected chi connectivity index (χ0v) is 10.2. The molecular formula is C13H17N3O. The molecule has 0 bridgehead atoms. The molecule has 4 heteroatoms. The number of imidazole rings is 1. The fourth-order valence-electron chi connectivity index (χ4n) is 2.60. The number of hydrogen-bond donors (Lipinski definition) is 1. The number of rotatable bonds is 1. The minimum atomic E-state index is -0.0629. The van der Waals surface area contributed by atoms with Gasteiger partial charge < -0.3 is 15.0 Å². The number of benzene rings is 1. The third kappa shape index (κ3) is 1.52. The Balaban J connectivity index is 2.27. The van der Waals surface area contributed by atoms with E-state index < -0.39 is 0 Å². The molecule has 2 heterocycles. The Labute approximate surface area is 100 Å². The molecule has 1 aliphatic rings. The van der Waals surface area contributed by atoms with Crippen molar-refractivity contribution in [3.63, 3.8) is 0 Å². The maximum absolute atomic E-state index is 6.06. The highest BCUT2D eigenvalue weighted by molar-refractivity contribution is 5.79. The second-order valence-electron chi connectivity index (χ2n) is 5.10. The number of ether oxygens (including phenoxy) is 1. The molecule has 0 spiro atoms. The molecular weight excluding hydrogens is 214 g/mol. The van der Waals surface area contributed by atoms with E-state index in [4.69, 9.17) is 10.5 Å². The van der Waals surface area contributed by atoms with Gasteiger partial charge in [-0.1, -0.05) is 6.07 Å². The van der Waals surface area contributed by atoms with Crippen LogP contribution < -0.4 is 5.73 Å². The minimum absolute atomic E-state index is 0.0629. The molecule has 1 aromatic carbocycles. The normalized spacial score (nSPS) is 24.6. The minimum Gasteiger partial charge on any atom is -0.379 e. The van der Waals surface area contributed by atoms with Crippen LogP contribution in [0.25, 0.3) is 11.0 Å². The molecule has 1 aliphatic heterocycles. The number of fused-ring (bicyclic) bond motifs is 1. The van der Waals surface area contributed by atoms with Crippen molar-refractivity contribution in [3.05, 3.63) is 23.8 Å². The lowest BCUT2D eigenvalue weighted by Gasteiger charge is -2.26. The number of nitrogens with two attached hydrogens (primary N) is 1. The van der Waals surface area contributed by atoms with Crippen molar-refractivity contribution in [2.45, 2.75) is 25.8 Å². The Morgan fingerprint density at radius 3 is 3.00 bits per heavy atom. The Hall–Kier alpha value is -1.55. The monoisotopic (exact) mass is 231 g/mol. The lowest BCUT2D eigenvalue weighted by molar-refractivity contribution is 0.164. The standard InChI is InChI=1S/C13H17N3O/c1-9-3-4-10-11(7-9)16(12(14)15-10)13(2)5-6-17-8-13/h3-4,7H,5-6,8H2,1-2H3,(H2,14,15). The van der Waals surface area contributed by atoms with Crippen LogP contribution in [0.2, 0.25) is 0 Å². The lowest BCUT2D eigenvalue weighted by atomic mass is 10.0. The van der Waals surface area contributed by atoms with Crippen LogP contribution >= 0.6 is 0 Å². The smallest absolute Gasteiger partial charge is 0.201 e. The van der Waals surface area contributed by atoms with Gasteiger partial charge in [-0.05, 0) is 38.0 Å². The predicted octanol–water partition coefficient (Wildman–Crippen LogP) is 2.06. The van der Waals surface area contributed by atoms with Gasteiger partial charge in [-0.15, -0.1) is 0 Å². The summed E-state index contributed by atoms with van der Waals surface area (Å²) in [6.45, 7) is 5.76. The van der Waals surface area contributed by atoms with Gasteiger partial charge in [-0.2, -0.15) is 0 Å². The molecule has 3 rings (SSSR count). The summed E-state index contributed by atoms with van der Waals surface area (Å²) >= 11 is 0. The topological polar surface area (TPSA) is 53.1 Å². The average molecular weight is 231 g/mol. The van der Waals surface area contributed by atoms with Crippen LogP contribution in [0.5, 0.6) is 0 Å². The van der Waals surface area contributed by atoms with Crippen molar-refractivity contribution >= 4 is 17.0 Å². The molecule has 2 aromatic rings. The van der Waals surface area contributed by atoms with Crippen LogP contribution in [0, 0.1) is 6.92 Å². The van der Waals surface area contributed by atoms with Crippen LogP contribution in [0.4, 0.5) is 5.95 Å². The molecule has 1 atom stereocenters. The van der Waals surface area contributed by atoms with E-state index in [2.05, 4.69) is 35.5 Å².